The van der Waals surface area contributed by atoms with Crippen LogP contribution in [0.5, 0.6) is 0 Å². The molecule has 0 aliphatic carbocycles. The molecule has 0 bridgehead atoms. The molecule has 0 radical (unpaired) electrons. The molecule has 0 heterocycles. The van der Waals surface area contributed by atoms with Gasteiger partial charge in [0.2, 0.25) is 0 Å². The van der Waals surface area contributed by atoms with Gasteiger partial charge in [-0.25, -0.2) is 0 Å². The van der Waals surface area contributed by atoms with E-state index >= 15 is 0 Å². The summed E-state index contributed by atoms with van der Waals surface area (Å²) in [5, 5.41) is 8.24. The molecule has 0 unspecified atom stereocenters. The molecular formula is C15H15N3O. The van der Waals surface area contributed by atoms with Gasteiger partial charge in [0, 0.05) is 19.7 Å². The summed E-state index contributed by atoms with van der Waals surface area (Å²) in [4.78, 5) is 13.2. The van der Waals surface area contributed by atoms with Crippen molar-refractivity contribution in [2.45, 2.75) is 0 Å². The molecule has 96 valence electrons. The van der Waals surface area contributed by atoms with Gasteiger partial charge in [-0.3, -0.25) is 4.79 Å². The Kier molecular flexibility index (Phi) is 4.03. The lowest BCUT2D eigenvalue weighted by atomic mass is 10.2. The van der Waals surface area contributed by atoms with Gasteiger partial charge >= 0.3 is 0 Å². The third-order valence-electron chi connectivity index (χ3n) is 2.56. The predicted octanol–water partition coefficient (Wildman–Crippen LogP) is 3.80. The van der Waals surface area contributed by atoms with E-state index in [1.54, 1.807) is 43.3 Å². The number of hydrogen-bond donors (Lipinski definition) is 0. The molecule has 1 amide bonds. The van der Waals surface area contributed by atoms with Crippen LogP contribution in [0.3, 0.4) is 0 Å². The van der Waals surface area contributed by atoms with Gasteiger partial charge < -0.3 is 4.90 Å². The summed E-state index contributed by atoms with van der Waals surface area (Å²) in [5.41, 5.74) is 2.17. The monoisotopic (exact) mass is 253 g/mol. The second kappa shape index (κ2) is 5.91. The first-order valence-corrected chi connectivity index (χ1v) is 5.95. The molecule has 4 nitrogen and oxygen atoms in total. The summed E-state index contributed by atoms with van der Waals surface area (Å²) in [6.07, 6.45) is 0. The smallest absolute Gasteiger partial charge is 0.253 e. The average molecular weight is 253 g/mol. The van der Waals surface area contributed by atoms with Crippen molar-refractivity contribution < 1.29 is 4.79 Å². The van der Waals surface area contributed by atoms with Crippen LogP contribution >= 0.6 is 0 Å². The van der Waals surface area contributed by atoms with Gasteiger partial charge in [-0.15, -0.1) is 0 Å². The molecule has 0 N–H and O–H groups in total. The number of benzene rings is 2. The number of carbonyl (C=O) groups excluding carboxylic acids is 1. The van der Waals surface area contributed by atoms with Crippen LogP contribution in [0.15, 0.2) is 64.8 Å². The molecule has 0 aliphatic rings. The molecule has 2 aromatic carbocycles. The van der Waals surface area contributed by atoms with Crippen molar-refractivity contribution in [1.82, 2.24) is 4.90 Å². The Morgan fingerprint density at radius 3 is 1.89 bits per heavy atom. The van der Waals surface area contributed by atoms with E-state index in [1.807, 2.05) is 30.3 Å². The van der Waals surface area contributed by atoms with Crippen molar-refractivity contribution in [2.24, 2.45) is 10.2 Å². The standard InChI is InChI=1S/C15H15N3O/c1-18(2)15(19)12-8-10-14(11-9-12)17-16-13-6-4-3-5-7-13/h3-11H,1-2H3. The van der Waals surface area contributed by atoms with E-state index in [4.69, 9.17) is 0 Å². The molecule has 19 heavy (non-hydrogen) atoms. The lowest BCUT2D eigenvalue weighted by Crippen LogP contribution is -2.21. The minimum absolute atomic E-state index is 0.0217. The minimum atomic E-state index is -0.0217. The largest absolute Gasteiger partial charge is 0.345 e. The van der Waals surface area contributed by atoms with Gasteiger partial charge in [-0.1, -0.05) is 18.2 Å². The van der Waals surface area contributed by atoms with Crippen LogP contribution in [0.4, 0.5) is 11.4 Å². The quantitative estimate of drug-likeness (QED) is 0.767. The van der Waals surface area contributed by atoms with E-state index < -0.39 is 0 Å². The van der Waals surface area contributed by atoms with E-state index in [1.165, 1.54) is 0 Å². The second-order valence-corrected chi connectivity index (χ2v) is 4.28. The SMILES string of the molecule is CN(C)C(=O)c1ccc(N=Nc2ccccc2)cc1. The molecule has 0 aromatic heterocycles. The van der Waals surface area contributed by atoms with Crippen molar-refractivity contribution in [3.63, 3.8) is 0 Å². The lowest BCUT2D eigenvalue weighted by molar-refractivity contribution is 0.0827. The van der Waals surface area contributed by atoms with Crippen LogP contribution < -0.4 is 0 Å². The van der Waals surface area contributed by atoms with Gasteiger partial charge in [-0.05, 0) is 36.4 Å². The molecular weight excluding hydrogens is 238 g/mol. The van der Waals surface area contributed by atoms with Gasteiger partial charge in [0.25, 0.3) is 5.91 Å². The van der Waals surface area contributed by atoms with Gasteiger partial charge in [0.15, 0.2) is 0 Å². The Bertz CT molecular complexity index is 574. The highest BCUT2D eigenvalue weighted by Gasteiger charge is 2.06. The van der Waals surface area contributed by atoms with Crippen molar-refractivity contribution in [3.05, 3.63) is 60.2 Å². The molecule has 0 aliphatic heterocycles. The van der Waals surface area contributed by atoms with Crippen LogP contribution in [-0.4, -0.2) is 24.9 Å². The van der Waals surface area contributed by atoms with Crippen molar-refractivity contribution >= 4 is 17.3 Å². The Morgan fingerprint density at radius 1 is 0.842 bits per heavy atom. The topological polar surface area (TPSA) is 45.0 Å². The fourth-order valence-corrected chi connectivity index (χ4v) is 1.54. The minimum Gasteiger partial charge on any atom is -0.345 e. The van der Waals surface area contributed by atoms with Gasteiger partial charge in [-0.2, -0.15) is 10.2 Å². The Morgan fingerprint density at radius 2 is 1.37 bits per heavy atom. The van der Waals surface area contributed by atoms with E-state index in [0.717, 1.165) is 11.4 Å². The maximum Gasteiger partial charge on any atom is 0.253 e. The summed E-state index contributed by atoms with van der Waals surface area (Å²) >= 11 is 0. The Labute approximate surface area is 112 Å². The number of amides is 1. The van der Waals surface area contributed by atoms with E-state index in [-0.39, 0.29) is 5.91 Å². The maximum absolute atomic E-state index is 11.7. The molecule has 0 atom stereocenters. The molecule has 0 saturated heterocycles. The van der Waals surface area contributed by atoms with E-state index in [0.29, 0.717) is 5.56 Å². The first-order valence-electron chi connectivity index (χ1n) is 5.95. The zero-order valence-electron chi connectivity index (χ0n) is 10.9. The molecule has 0 spiro atoms. The lowest BCUT2D eigenvalue weighted by Gasteiger charge is -2.09. The summed E-state index contributed by atoms with van der Waals surface area (Å²) in [6, 6.07) is 16.6. The van der Waals surface area contributed by atoms with E-state index in [9.17, 15) is 4.79 Å². The van der Waals surface area contributed by atoms with Crippen LogP contribution in [-0.2, 0) is 0 Å². The van der Waals surface area contributed by atoms with Crippen LogP contribution in [0.25, 0.3) is 0 Å². The summed E-state index contributed by atoms with van der Waals surface area (Å²) in [6.45, 7) is 0. The normalized spacial score (nSPS) is 10.6. The third kappa shape index (κ3) is 3.48. The first kappa shape index (κ1) is 13.0. The zero-order chi connectivity index (χ0) is 13.7. The molecule has 0 saturated carbocycles. The number of rotatable bonds is 3. The fourth-order valence-electron chi connectivity index (χ4n) is 1.54. The second-order valence-electron chi connectivity index (χ2n) is 4.28. The first-order chi connectivity index (χ1) is 9.16. The highest BCUT2D eigenvalue weighted by molar-refractivity contribution is 5.94. The summed E-state index contributed by atoms with van der Waals surface area (Å²) in [5.74, 6) is -0.0217. The van der Waals surface area contributed by atoms with Crippen LogP contribution in [0.2, 0.25) is 0 Å². The Balaban J connectivity index is 2.11. The number of azo groups is 1. The van der Waals surface area contributed by atoms with Crippen molar-refractivity contribution in [3.8, 4) is 0 Å². The van der Waals surface area contributed by atoms with Gasteiger partial charge in [0.05, 0.1) is 11.4 Å². The maximum atomic E-state index is 11.7. The number of nitrogens with zero attached hydrogens (tertiary/aromatic N) is 3. The van der Waals surface area contributed by atoms with E-state index in [2.05, 4.69) is 10.2 Å². The van der Waals surface area contributed by atoms with Gasteiger partial charge in [0.1, 0.15) is 0 Å². The zero-order valence-corrected chi connectivity index (χ0v) is 10.9. The molecule has 0 fully saturated rings. The molecule has 4 heteroatoms. The fraction of sp³-hybridized carbons (Fsp3) is 0.133. The van der Waals surface area contributed by atoms with Crippen LogP contribution in [0, 0.1) is 0 Å². The molecule has 2 rings (SSSR count). The summed E-state index contributed by atoms with van der Waals surface area (Å²) in [7, 11) is 3.46. The predicted molar refractivity (Wildman–Crippen MR) is 75.1 cm³/mol. The highest BCUT2D eigenvalue weighted by Crippen LogP contribution is 2.18. The highest BCUT2D eigenvalue weighted by atomic mass is 16.2. The van der Waals surface area contributed by atoms with Crippen molar-refractivity contribution in [1.29, 1.82) is 0 Å². The Hall–Kier alpha value is -2.49. The average Bonchev–Trinajstić information content (AvgIpc) is 2.46. The summed E-state index contributed by atoms with van der Waals surface area (Å²) < 4.78 is 0. The molecule has 2 aromatic rings. The third-order valence-corrected chi connectivity index (χ3v) is 2.56. The number of hydrogen-bond acceptors (Lipinski definition) is 3. The van der Waals surface area contributed by atoms with Crippen LogP contribution in [0.1, 0.15) is 10.4 Å². The van der Waals surface area contributed by atoms with Crippen molar-refractivity contribution in [2.75, 3.05) is 14.1 Å². The number of carbonyl (C=O) groups is 1.